The second-order valence-corrected chi connectivity index (χ2v) is 5.98. The Balaban J connectivity index is 1.69. The Hall–Kier alpha value is -1.76. The average molecular weight is 302 g/mol. The predicted octanol–water partition coefficient (Wildman–Crippen LogP) is 1.07. The van der Waals surface area contributed by atoms with Crippen LogP contribution in [0.4, 0.5) is 0 Å². The van der Waals surface area contributed by atoms with Crippen LogP contribution in [0.2, 0.25) is 0 Å². The van der Waals surface area contributed by atoms with Gasteiger partial charge in [0.05, 0.1) is 37.6 Å². The normalized spacial score (nSPS) is 25.0. The SMILES string of the molecule is CC(C)N[C@@H]1[C@@H](O)CO[C@@H]1Cn1cc(-c2ccccc2)nn1. The minimum Gasteiger partial charge on any atom is -0.389 e. The Bertz CT molecular complexity index is 599. The van der Waals surface area contributed by atoms with Crippen LogP contribution in [0.5, 0.6) is 0 Å². The van der Waals surface area contributed by atoms with E-state index >= 15 is 0 Å². The number of nitrogens with one attached hydrogen (secondary N) is 1. The summed E-state index contributed by atoms with van der Waals surface area (Å²) < 4.78 is 7.47. The molecule has 3 atom stereocenters. The maximum Gasteiger partial charge on any atom is 0.113 e. The van der Waals surface area contributed by atoms with E-state index in [1.54, 1.807) is 4.68 Å². The zero-order chi connectivity index (χ0) is 15.5. The van der Waals surface area contributed by atoms with Crippen molar-refractivity contribution in [2.24, 2.45) is 0 Å². The Morgan fingerprint density at radius 2 is 2.14 bits per heavy atom. The van der Waals surface area contributed by atoms with Gasteiger partial charge in [-0.2, -0.15) is 0 Å². The van der Waals surface area contributed by atoms with Crippen LogP contribution < -0.4 is 5.32 Å². The minimum absolute atomic E-state index is 0.0793. The number of aliphatic hydroxyl groups is 1. The highest BCUT2D eigenvalue weighted by Gasteiger charge is 2.36. The number of aliphatic hydroxyl groups excluding tert-OH is 1. The van der Waals surface area contributed by atoms with Gasteiger partial charge in [0.25, 0.3) is 0 Å². The van der Waals surface area contributed by atoms with E-state index < -0.39 is 6.10 Å². The molecule has 2 aromatic rings. The first-order chi connectivity index (χ1) is 10.6. The number of aromatic nitrogens is 3. The lowest BCUT2D eigenvalue weighted by Gasteiger charge is -2.23. The molecule has 0 radical (unpaired) electrons. The smallest absolute Gasteiger partial charge is 0.113 e. The largest absolute Gasteiger partial charge is 0.389 e. The summed E-state index contributed by atoms with van der Waals surface area (Å²) in [5, 5.41) is 21.8. The van der Waals surface area contributed by atoms with E-state index in [1.807, 2.05) is 36.5 Å². The molecular formula is C16H22N4O2. The second-order valence-electron chi connectivity index (χ2n) is 5.98. The van der Waals surface area contributed by atoms with Crippen molar-refractivity contribution in [3.05, 3.63) is 36.5 Å². The molecule has 1 aromatic carbocycles. The molecule has 0 bridgehead atoms. The maximum absolute atomic E-state index is 10.0. The summed E-state index contributed by atoms with van der Waals surface area (Å²) in [6.45, 7) is 5.05. The highest BCUT2D eigenvalue weighted by atomic mass is 16.5. The fourth-order valence-corrected chi connectivity index (χ4v) is 2.76. The number of ether oxygens (including phenoxy) is 1. The molecule has 118 valence electrons. The van der Waals surface area contributed by atoms with Gasteiger partial charge in [0.2, 0.25) is 0 Å². The molecule has 2 heterocycles. The summed E-state index contributed by atoms with van der Waals surface area (Å²) in [4.78, 5) is 0. The van der Waals surface area contributed by atoms with Crippen molar-refractivity contribution in [3.63, 3.8) is 0 Å². The van der Waals surface area contributed by atoms with Crippen molar-refractivity contribution < 1.29 is 9.84 Å². The topological polar surface area (TPSA) is 72.2 Å². The quantitative estimate of drug-likeness (QED) is 0.864. The van der Waals surface area contributed by atoms with Gasteiger partial charge >= 0.3 is 0 Å². The van der Waals surface area contributed by atoms with E-state index in [9.17, 15) is 5.11 Å². The molecule has 0 aliphatic carbocycles. The number of hydrogen-bond acceptors (Lipinski definition) is 5. The van der Waals surface area contributed by atoms with Crippen LogP contribution in [-0.4, -0.2) is 51.0 Å². The van der Waals surface area contributed by atoms with Crippen molar-refractivity contribution in [1.82, 2.24) is 20.3 Å². The van der Waals surface area contributed by atoms with Crippen molar-refractivity contribution >= 4 is 0 Å². The molecule has 2 N–H and O–H groups in total. The average Bonchev–Trinajstić information content (AvgIpc) is 3.10. The highest BCUT2D eigenvalue weighted by Crippen LogP contribution is 2.19. The first kappa shape index (κ1) is 15.1. The summed E-state index contributed by atoms with van der Waals surface area (Å²) >= 11 is 0. The molecule has 6 heteroatoms. The van der Waals surface area contributed by atoms with Crippen LogP contribution in [0.3, 0.4) is 0 Å². The molecule has 0 saturated carbocycles. The molecular weight excluding hydrogens is 280 g/mol. The summed E-state index contributed by atoms with van der Waals surface area (Å²) in [6, 6.07) is 10.2. The van der Waals surface area contributed by atoms with E-state index in [1.165, 1.54) is 0 Å². The lowest BCUT2D eigenvalue weighted by Crippen LogP contribution is -2.48. The molecule has 1 aromatic heterocycles. The van der Waals surface area contributed by atoms with E-state index in [0.717, 1.165) is 11.3 Å². The summed E-state index contributed by atoms with van der Waals surface area (Å²) in [7, 11) is 0. The number of rotatable bonds is 5. The van der Waals surface area contributed by atoms with E-state index in [4.69, 9.17) is 4.74 Å². The molecule has 3 rings (SSSR count). The van der Waals surface area contributed by atoms with Gasteiger partial charge in [-0.3, -0.25) is 0 Å². The molecule has 1 aliphatic rings. The van der Waals surface area contributed by atoms with Crippen molar-refractivity contribution in [2.45, 2.75) is 44.7 Å². The Kier molecular flexibility index (Phi) is 4.52. The van der Waals surface area contributed by atoms with Crippen LogP contribution in [0.25, 0.3) is 11.3 Å². The van der Waals surface area contributed by atoms with Crippen LogP contribution in [0.15, 0.2) is 36.5 Å². The molecule has 0 amide bonds. The molecule has 22 heavy (non-hydrogen) atoms. The first-order valence-corrected chi connectivity index (χ1v) is 7.65. The van der Waals surface area contributed by atoms with Gasteiger partial charge in [-0.15, -0.1) is 5.10 Å². The molecule has 1 fully saturated rings. The number of benzene rings is 1. The van der Waals surface area contributed by atoms with Gasteiger partial charge in [-0.05, 0) is 0 Å². The Labute approximate surface area is 130 Å². The molecule has 1 saturated heterocycles. The first-order valence-electron chi connectivity index (χ1n) is 7.65. The number of nitrogens with zero attached hydrogens (tertiary/aromatic N) is 3. The third kappa shape index (κ3) is 3.35. The summed E-state index contributed by atoms with van der Waals surface area (Å²) in [6.07, 6.45) is 1.32. The van der Waals surface area contributed by atoms with E-state index in [2.05, 4.69) is 29.5 Å². The molecule has 1 aliphatic heterocycles. The van der Waals surface area contributed by atoms with Gasteiger partial charge in [0.15, 0.2) is 0 Å². The van der Waals surface area contributed by atoms with Gasteiger partial charge < -0.3 is 15.2 Å². The van der Waals surface area contributed by atoms with Gasteiger partial charge in [0.1, 0.15) is 5.69 Å². The lowest BCUT2D eigenvalue weighted by molar-refractivity contribution is 0.0737. The second kappa shape index (κ2) is 6.56. The van der Waals surface area contributed by atoms with Crippen LogP contribution in [0, 0.1) is 0 Å². The fourth-order valence-electron chi connectivity index (χ4n) is 2.76. The fraction of sp³-hybridized carbons (Fsp3) is 0.500. The minimum atomic E-state index is -0.482. The lowest BCUT2D eigenvalue weighted by atomic mass is 10.1. The van der Waals surface area contributed by atoms with Gasteiger partial charge in [0, 0.05) is 11.6 Å². The van der Waals surface area contributed by atoms with Crippen molar-refractivity contribution in [2.75, 3.05) is 6.61 Å². The van der Waals surface area contributed by atoms with E-state index in [-0.39, 0.29) is 12.1 Å². The molecule has 0 spiro atoms. The van der Waals surface area contributed by atoms with Crippen LogP contribution in [-0.2, 0) is 11.3 Å². The van der Waals surface area contributed by atoms with Crippen LogP contribution in [0.1, 0.15) is 13.8 Å². The van der Waals surface area contributed by atoms with Crippen molar-refractivity contribution in [1.29, 1.82) is 0 Å². The monoisotopic (exact) mass is 302 g/mol. The van der Waals surface area contributed by atoms with E-state index in [0.29, 0.717) is 19.2 Å². The van der Waals surface area contributed by atoms with Gasteiger partial charge in [-0.25, -0.2) is 4.68 Å². The van der Waals surface area contributed by atoms with Gasteiger partial charge in [-0.1, -0.05) is 49.4 Å². The van der Waals surface area contributed by atoms with Crippen molar-refractivity contribution in [3.8, 4) is 11.3 Å². The summed E-state index contributed by atoms with van der Waals surface area (Å²) in [5.41, 5.74) is 1.88. The Morgan fingerprint density at radius 3 is 2.86 bits per heavy atom. The third-order valence-electron chi connectivity index (χ3n) is 3.80. The summed E-state index contributed by atoms with van der Waals surface area (Å²) in [5.74, 6) is 0. The highest BCUT2D eigenvalue weighted by molar-refractivity contribution is 5.57. The molecule has 0 unspecified atom stereocenters. The zero-order valence-electron chi connectivity index (χ0n) is 12.9. The maximum atomic E-state index is 10.0. The molecule has 6 nitrogen and oxygen atoms in total. The predicted molar refractivity (Wildman–Crippen MR) is 83.3 cm³/mol. The Morgan fingerprint density at radius 1 is 1.36 bits per heavy atom. The number of hydrogen-bond donors (Lipinski definition) is 2. The van der Waals surface area contributed by atoms with Crippen LogP contribution >= 0.6 is 0 Å². The third-order valence-corrected chi connectivity index (χ3v) is 3.80. The standard InChI is InChI=1S/C16H22N4O2/c1-11(2)17-16-14(21)10-22-15(16)9-20-8-13(18-19-20)12-6-4-3-5-7-12/h3-8,11,14-17,21H,9-10H2,1-2H3/t14-,15+,16+/m0/s1. The zero-order valence-corrected chi connectivity index (χ0v) is 12.9.